The number of nitro benzene ring substituents is 2. The average Bonchev–Trinajstić information content (AvgIpc) is 3.11. The summed E-state index contributed by atoms with van der Waals surface area (Å²) in [5, 5.41) is 22.1. The monoisotopic (exact) mass is 582 g/mol. The van der Waals surface area contributed by atoms with Crippen molar-refractivity contribution < 1.29 is 24.1 Å². The molecular weight excluding hydrogens is 572 g/mol. The van der Waals surface area contributed by atoms with Crippen LogP contribution in [-0.4, -0.2) is 22.9 Å². The molecule has 0 bridgehead atoms. The zero-order chi connectivity index (χ0) is 23.4. The van der Waals surface area contributed by atoms with Gasteiger partial charge in [0.15, 0.2) is 11.5 Å². The Morgan fingerprint density at radius 2 is 1.75 bits per heavy atom. The SMILES string of the molecule is COc1cc(/C=C/c2ccc([N+](=O)[O-])cc2[N+](=O)[O-])ccc1OC(=O)c1cc(Br)c(Br)s1. The summed E-state index contributed by atoms with van der Waals surface area (Å²) in [6, 6.07) is 9.81. The average molecular weight is 584 g/mol. The number of esters is 1. The molecule has 12 heteroatoms. The molecule has 0 aliphatic heterocycles. The van der Waals surface area contributed by atoms with Crippen LogP contribution < -0.4 is 9.47 Å². The minimum Gasteiger partial charge on any atom is -0.493 e. The third-order valence-electron chi connectivity index (χ3n) is 4.11. The van der Waals surface area contributed by atoms with Crippen LogP contribution >= 0.6 is 43.2 Å². The molecule has 0 aliphatic carbocycles. The van der Waals surface area contributed by atoms with Crippen molar-refractivity contribution in [1.29, 1.82) is 0 Å². The Morgan fingerprint density at radius 1 is 1.00 bits per heavy atom. The molecule has 2 aromatic carbocycles. The molecule has 32 heavy (non-hydrogen) atoms. The van der Waals surface area contributed by atoms with Crippen molar-refractivity contribution >= 4 is 72.7 Å². The fourth-order valence-corrected chi connectivity index (χ4v) is 4.51. The van der Waals surface area contributed by atoms with E-state index in [9.17, 15) is 25.0 Å². The zero-order valence-corrected chi connectivity index (χ0v) is 20.1. The van der Waals surface area contributed by atoms with Crippen LogP contribution in [0.3, 0.4) is 0 Å². The molecule has 3 rings (SSSR count). The predicted molar refractivity (Wildman–Crippen MR) is 126 cm³/mol. The third kappa shape index (κ3) is 5.39. The lowest BCUT2D eigenvalue weighted by Crippen LogP contribution is -2.07. The van der Waals surface area contributed by atoms with Gasteiger partial charge >= 0.3 is 5.97 Å². The van der Waals surface area contributed by atoms with Gasteiger partial charge in [0.25, 0.3) is 11.4 Å². The summed E-state index contributed by atoms with van der Waals surface area (Å²) in [5.41, 5.74) is 0.0487. The van der Waals surface area contributed by atoms with Crippen LogP contribution in [0, 0.1) is 20.2 Å². The number of hydrogen-bond acceptors (Lipinski definition) is 8. The lowest BCUT2D eigenvalue weighted by molar-refractivity contribution is -0.394. The van der Waals surface area contributed by atoms with Crippen molar-refractivity contribution in [3.8, 4) is 11.5 Å². The normalized spacial score (nSPS) is 10.8. The molecule has 0 radical (unpaired) electrons. The van der Waals surface area contributed by atoms with Gasteiger partial charge in [0, 0.05) is 10.5 Å². The fraction of sp³-hybridized carbons (Fsp3) is 0.0500. The first-order valence-corrected chi connectivity index (χ1v) is 11.1. The van der Waals surface area contributed by atoms with E-state index in [1.807, 2.05) is 0 Å². The first-order chi connectivity index (χ1) is 15.2. The van der Waals surface area contributed by atoms with Crippen LogP contribution in [-0.2, 0) is 0 Å². The number of nitro groups is 2. The third-order valence-corrected chi connectivity index (χ3v) is 7.35. The second-order valence-electron chi connectivity index (χ2n) is 6.12. The van der Waals surface area contributed by atoms with Crippen LogP contribution in [0.15, 0.2) is 50.7 Å². The summed E-state index contributed by atoms with van der Waals surface area (Å²) in [6.45, 7) is 0. The molecule has 0 N–H and O–H groups in total. The lowest BCUT2D eigenvalue weighted by atomic mass is 10.1. The summed E-state index contributed by atoms with van der Waals surface area (Å²) in [7, 11) is 1.42. The Labute approximate surface area is 201 Å². The molecule has 9 nitrogen and oxygen atoms in total. The van der Waals surface area contributed by atoms with E-state index in [1.54, 1.807) is 30.3 Å². The molecule has 0 aliphatic rings. The Kier molecular flexibility index (Phi) is 7.38. The summed E-state index contributed by atoms with van der Waals surface area (Å²) < 4.78 is 12.2. The van der Waals surface area contributed by atoms with Gasteiger partial charge in [-0.05, 0) is 67.8 Å². The molecule has 1 aromatic heterocycles. The minimum atomic E-state index is -0.695. The molecule has 0 spiro atoms. The van der Waals surface area contributed by atoms with E-state index in [0.717, 1.165) is 14.3 Å². The number of rotatable bonds is 7. The maximum absolute atomic E-state index is 12.4. The molecule has 164 valence electrons. The van der Waals surface area contributed by atoms with Crippen LogP contribution in [0.25, 0.3) is 12.2 Å². The van der Waals surface area contributed by atoms with Crippen molar-refractivity contribution in [2.75, 3.05) is 7.11 Å². The van der Waals surface area contributed by atoms with Gasteiger partial charge in [-0.3, -0.25) is 20.2 Å². The van der Waals surface area contributed by atoms with Gasteiger partial charge in [-0.15, -0.1) is 11.3 Å². The maximum atomic E-state index is 12.4. The van der Waals surface area contributed by atoms with Crippen molar-refractivity contribution in [2.24, 2.45) is 0 Å². The Hall–Kier alpha value is -3.09. The van der Waals surface area contributed by atoms with Gasteiger partial charge in [-0.1, -0.05) is 12.1 Å². The zero-order valence-electron chi connectivity index (χ0n) is 16.1. The van der Waals surface area contributed by atoms with E-state index in [2.05, 4.69) is 31.9 Å². The van der Waals surface area contributed by atoms with E-state index >= 15 is 0 Å². The van der Waals surface area contributed by atoms with Crippen LogP contribution in [0.5, 0.6) is 11.5 Å². The first kappa shape index (κ1) is 23.6. The number of carbonyl (C=O) groups is 1. The first-order valence-electron chi connectivity index (χ1n) is 8.65. The molecule has 0 saturated heterocycles. The van der Waals surface area contributed by atoms with Crippen LogP contribution in [0.4, 0.5) is 11.4 Å². The fourth-order valence-electron chi connectivity index (χ4n) is 2.60. The number of nitrogens with zero attached hydrogens (tertiary/aromatic N) is 2. The quantitative estimate of drug-likeness (QED) is 0.102. The highest BCUT2D eigenvalue weighted by Gasteiger charge is 2.19. The predicted octanol–water partition coefficient (Wildman–Crippen LogP) is 6.49. The molecule has 0 saturated carbocycles. The van der Waals surface area contributed by atoms with E-state index in [4.69, 9.17) is 9.47 Å². The highest BCUT2D eigenvalue weighted by Crippen LogP contribution is 2.35. The molecule has 0 fully saturated rings. The number of methoxy groups -OCH3 is 1. The molecule has 0 unspecified atom stereocenters. The van der Waals surface area contributed by atoms with E-state index in [0.29, 0.717) is 10.4 Å². The van der Waals surface area contributed by atoms with Crippen molar-refractivity contribution in [3.63, 3.8) is 0 Å². The van der Waals surface area contributed by atoms with Crippen molar-refractivity contribution in [1.82, 2.24) is 0 Å². The molecular formula is C20H12Br2N2O7S. The van der Waals surface area contributed by atoms with Crippen molar-refractivity contribution in [3.05, 3.63) is 87.0 Å². The Bertz CT molecular complexity index is 1240. The van der Waals surface area contributed by atoms with Gasteiger partial charge in [0.2, 0.25) is 0 Å². The summed E-state index contributed by atoms with van der Waals surface area (Å²) >= 11 is 7.86. The largest absolute Gasteiger partial charge is 0.493 e. The highest BCUT2D eigenvalue weighted by atomic mass is 79.9. The standard InChI is InChI=1S/C20H12Br2N2O7S/c1-30-17-8-11(2-4-12-5-6-13(23(26)27)9-15(12)24(28)29)3-7-16(17)31-20(25)18-10-14(21)19(22)32-18/h2-10H,1H3/b4-2+. The second-order valence-corrected chi connectivity index (χ2v) is 9.35. The van der Waals surface area contributed by atoms with E-state index < -0.39 is 15.8 Å². The number of non-ortho nitro benzene ring substituents is 1. The Balaban J connectivity index is 1.84. The topological polar surface area (TPSA) is 122 Å². The smallest absolute Gasteiger partial charge is 0.353 e. The number of thiophene rings is 1. The molecule has 0 amide bonds. The lowest BCUT2D eigenvalue weighted by Gasteiger charge is -2.09. The van der Waals surface area contributed by atoms with Gasteiger partial charge < -0.3 is 9.47 Å². The number of hydrogen-bond donors (Lipinski definition) is 0. The number of carbonyl (C=O) groups excluding carboxylic acids is 1. The summed E-state index contributed by atoms with van der Waals surface area (Å²) in [6.07, 6.45) is 3.04. The highest BCUT2D eigenvalue weighted by molar-refractivity contribution is 9.13. The van der Waals surface area contributed by atoms with E-state index in [-0.39, 0.29) is 28.4 Å². The summed E-state index contributed by atoms with van der Waals surface area (Å²) in [4.78, 5) is 33.5. The number of ether oxygens (including phenoxy) is 2. The molecule has 1 heterocycles. The Morgan fingerprint density at radius 3 is 2.34 bits per heavy atom. The summed E-state index contributed by atoms with van der Waals surface area (Å²) in [5.74, 6) is -0.0607. The van der Waals surface area contributed by atoms with Gasteiger partial charge in [-0.25, -0.2) is 4.79 Å². The second kappa shape index (κ2) is 10.0. The van der Waals surface area contributed by atoms with Gasteiger partial charge in [0.05, 0.1) is 32.4 Å². The van der Waals surface area contributed by atoms with Gasteiger partial charge in [0.1, 0.15) is 4.88 Å². The van der Waals surface area contributed by atoms with Crippen LogP contribution in [0.1, 0.15) is 20.8 Å². The molecule has 0 atom stereocenters. The number of halogens is 2. The van der Waals surface area contributed by atoms with E-state index in [1.165, 1.54) is 36.7 Å². The minimum absolute atomic E-state index is 0.198. The van der Waals surface area contributed by atoms with Crippen LogP contribution in [0.2, 0.25) is 0 Å². The van der Waals surface area contributed by atoms with Gasteiger partial charge in [-0.2, -0.15) is 0 Å². The molecule has 3 aromatic rings. The maximum Gasteiger partial charge on any atom is 0.353 e. The number of benzene rings is 2. The van der Waals surface area contributed by atoms with Crippen molar-refractivity contribution in [2.45, 2.75) is 0 Å².